The zero-order chi connectivity index (χ0) is 18.0. The molecule has 0 radical (unpaired) electrons. The molecule has 128 valence electrons. The maximum atomic E-state index is 12.2. The molecule has 6 heteroatoms. The van der Waals surface area contributed by atoms with Crippen molar-refractivity contribution in [2.75, 3.05) is 0 Å². The van der Waals surface area contributed by atoms with E-state index in [4.69, 9.17) is 10.6 Å². The van der Waals surface area contributed by atoms with Crippen molar-refractivity contribution in [1.29, 1.82) is 0 Å². The number of rotatable bonds is 4. The van der Waals surface area contributed by atoms with Crippen molar-refractivity contribution in [3.8, 4) is 5.75 Å². The number of aryl methyl sites for hydroxylation is 2. The number of hydrogen-bond donors (Lipinski definition) is 3. The zero-order valence-corrected chi connectivity index (χ0v) is 15.5. The summed E-state index contributed by atoms with van der Waals surface area (Å²) in [5.41, 5.74) is 5.79. The van der Waals surface area contributed by atoms with Crippen LogP contribution < -0.4 is 16.0 Å². The Balaban J connectivity index is 2.01. The first-order valence-corrected chi connectivity index (χ1v) is 8.51. The first-order chi connectivity index (χ1) is 12.0. The molecule has 0 fully saturated rings. The van der Waals surface area contributed by atoms with Gasteiger partial charge in [0.25, 0.3) is 0 Å². The standard InChI is InChI=1S/C19H18BrN3O2/c1-11-7-15(20)8-12(2)18(11)25-17(19(24)23-21)10-13-3-4-14-5-6-22-16(14)9-13/h3-10,22H,21H2,1-2H3,(H,23,24). The van der Waals surface area contributed by atoms with Crippen molar-refractivity contribution in [3.05, 3.63) is 69.5 Å². The van der Waals surface area contributed by atoms with Crippen LogP contribution >= 0.6 is 15.9 Å². The number of fused-ring (bicyclic) bond motifs is 1. The highest BCUT2D eigenvalue weighted by molar-refractivity contribution is 9.10. The molecule has 4 N–H and O–H groups in total. The summed E-state index contributed by atoms with van der Waals surface area (Å²) < 4.78 is 6.88. The summed E-state index contributed by atoms with van der Waals surface area (Å²) in [6, 6.07) is 11.7. The Kier molecular flexibility index (Phi) is 4.92. The Labute approximate surface area is 154 Å². The van der Waals surface area contributed by atoms with Crippen LogP contribution in [0.5, 0.6) is 5.75 Å². The number of benzene rings is 2. The number of halogens is 1. The predicted octanol–water partition coefficient (Wildman–Crippen LogP) is 3.96. The highest BCUT2D eigenvalue weighted by Gasteiger charge is 2.15. The van der Waals surface area contributed by atoms with Crippen LogP contribution in [-0.4, -0.2) is 10.9 Å². The van der Waals surface area contributed by atoms with Crippen molar-refractivity contribution in [1.82, 2.24) is 10.4 Å². The molecule has 0 unspecified atom stereocenters. The highest BCUT2D eigenvalue weighted by atomic mass is 79.9. The van der Waals surface area contributed by atoms with Crippen molar-refractivity contribution in [2.24, 2.45) is 5.84 Å². The molecule has 25 heavy (non-hydrogen) atoms. The number of ether oxygens (including phenoxy) is 1. The van der Waals surface area contributed by atoms with Gasteiger partial charge in [-0.3, -0.25) is 10.2 Å². The monoisotopic (exact) mass is 399 g/mol. The summed E-state index contributed by atoms with van der Waals surface area (Å²) in [6.45, 7) is 3.85. The fourth-order valence-electron chi connectivity index (χ4n) is 2.69. The van der Waals surface area contributed by atoms with Gasteiger partial charge in [0.2, 0.25) is 0 Å². The average molecular weight is 400 g/mol. The quantitative estimate of drug-likeness (QED) is 0.204. The molecule has 3 rings (SSSR count). The van der Waals surface area contributed by atoms with Crippen molar-refractivity contribution < 1.29 is 9.53 Å². The number of amides is 1. The van der Waals surface area contributed by atoms with E-state index in [1.54, 1.807) is 6.08 Å². The smallest absolute Gasteiger partial charge is 0.300 e. The van der Waals surface area contributed by atoms with Gasteiger partial charge >= 0.3 is 5.91 Å². The molecule has 3 aromatic rings. The van der Waals surface area contributed by atoms with Gasteiger partial charge in [0.15, 0.2) is 5.76 Å². The Morgan fingerprint density at radius 2 is 1.92 bits per heavy atom. The van der Waals surface area contributed by atoms with E-state index in [-0.39, 0.29) is 5.76 Å². The number of H-pyrrole nitrogens is 1. The van der Waals surface area contributed by atoms with Crippen molar-refractivity contribution in [3.63, 3.8) is 0 Å². The number of nitrogens with one attached hydrogen (secondary N) is 2. The molecule has 0 aliphatic rings. The zero-order valence-electron chi connectivity index (χ0n) is 13.9. The Morgan fingerprint density at radius 1 is 1.20 bits per heavy atom. The molecule has 0 bridgehead atoms. The normalized spacial score (nSPS) is 11.6. The Morgan fingerprint density at radius 3 is 2.60 bits per heavy atom. The number of aromatic amines is 1. The first-order valence-electron chi connectivity index (χ1n) is 7.72. The second-order valence-electron chi connectivity index (χ2n) is 5.78. The second-order valence-corrected chi connectivity index (χ2v) is 6.69. The van der Waals surface area contributed by atoms with Crippen LogP contribution in [0.25, 0.3) is 17.0 Å². The molecule has 2 aromatic carbocycles. The van der Waals surface area contributed by atoms with Gasteiger partial charge < -0.3 is 9.72 Å². The topological polar surface area (TPSA) is 80.1 Å². The van der Waals surface area contributed by atoms with Crippen LogP contribution in [0.4, 0.5) is 0 Å². The summed E-state index contributed by atoms with van der Waals surface area (Å²) >= 11 is 3.46. The molecule has 0 aliphatic heterocycles. The largest absolute Gasteiger partial charge is 0.451 e. The van der Waals surface area contributed by atoms with Crippen LogP contribution in [0.1, 0.15) is 16.7 Å². The number of nitrogens with two attached hydrogens (primary N) is 1. The number of hydrogen-bond acceptors (Lipinski definition) is 3. The maximum Gasteiger partial charge on any atom is 0.300 e. The van der Waals surface area contributed by atoms with E-state index in [9.17, 15) is 4.79 Å². The molecule has 1 heterocycles. The van der Waals surface area contributed by atoms with Crippen LogP contribution in [0, 0.1) is 13.8 Å². The number of hydrazine groups is 1. The van der Waals surface area contributed by atoms with Gasteiger partial charge in [-0.2, -0.15) is 0 Å². The first kappa shape index (κ1) is 17.3. The van der Waals surface area contributed by atoms with Crippen molar-refractivity contribution >= 4 is 38.8 Å². The summed E-state index contributed by atoms with van der Waals surface area (Å²) in [4.78, 5) is 15.3. The third kappa shape index (κ3) is 3.75. The molecule has 1 aromatic heterocycles. The minimum atomic E-state index is -0.492. The third-order valence-corrected chi connectivity index (χ3v) is 4.33. The number of carbonyl (C=O) groups excluding carboxylic acids is 1. The van der Waals surface area contributed by atoms with E-state index in [1.165, 1.54) is 0 Å². The molecule has 0 saturated carbocycles. The highest BCUT2D eigenvalue weighted by Crippen LogP contribution is 2.29. The summed E-state index contributed by atoms with van der Waals surface area (Å²) in [5, 5.41) is 1.10. The lowest BCUT2D eigenvalue weighted by atomic mass is 10.1. The molecule has 0 aliphatic carbocycles. The summed E-state index contributed by atoms with van der Waals surface area (Å²) in [7, 11) is 0. The average Bonchev–Trinajstić information content (AvgIpc) is 3.03. The summed E-state index contributed by atoms with van der Waals surface area (Å²) in [5.74, 6) is 5.59. The molecule has 0 atom stereocenters. The van der Waals surface area contributed by atoms with Gasteiger partial charge in [-0.25, -0.2) is 5.84 Å². The van der Waals surface area contributed by atoms with E-state index >= 15 is 0 Å². The molecule has 0 saturated heterocycles. The molecule has 5 nitrogen and oxygen atoms in total. The number of aromatic nitrogens is 1. The van der Waals surface area contributed by atoms with Gasteiger partial charge in [0.1, 0.15) is 5.75 Å². The van der Waals surface area contributed by atoms with Gasteiger partial charge in [0.05, 0.1) is 0 Å². The SMILES string of the molecule is Cc1cc(Br)cc(C)c1OC(=Cc1ccc2cc[nH]c2c1)C(=O)NN. The van der Waals surface area contributed by atoms with Gasteiger partial charge in [-0.05, 0) is 66.3 Å². The Bertz CT molecular complexity index is 953. The van der Waals surface area contributed by atoms with Gasteiger partial charge in [-0.1, -0.05) is 28.1 Å². The van der Waals surface area contributed by atoms with Crippen LogP contribution in [0.3, 0.4) is 0 Å². The maximum absolute atomic E-state index is 12.2. The molecular weight excluding hydrogens is 382 g/mol. The summed E-state index contributed by atoms with van der Waals surface area (Å²) in [6.07, 6.45) is 3.54. The van der Waals surface area contributed by atoms with Crippen LogP contribution in [0.2, 0.25) is 0 Å². The molecule has 1 amide bonds. The lowest BCUT2D eigenvalue weighted by molar-refractivity contribution is -0.119. The van der Waals surface area contributed by atoms with Gasteiger partial charge in [-0.15, -0.1) is 0 Å². The lowest BCUT2D eigenvalue weighted by Crippen LogP contribution is -2.33. The van der Waals surface area contributed by atoms with E-state index in [0.717, 1.165) is 32.1 Å². The van der Waals surface area contributed by atoms with Crippen LogP contribution in [0.15, 0.2) is 52.8 Å². The van der Waals surface area contributed by atoms with E-state index in [1.807, 2.05) is 56.4 Å². The van der Waals surface area contributed by atoms with Crippen LogP contribution in [-0.2, 0) is 4.79 Å². The molecule has 0 spiro atoms. The third-order valence-electron chi connectivity index (χ3n) is 3.87. The predicted molar refractivity (Wildman–Crippen MR) is 103 cm³/mol. The van der Waals surface area contributed by atoms with E-state index < -0.39 is 5.91 Å². The van der Waals surface area contributed by atoms with E-state index in [0.29, 0.717) is 5.75 Å². The van der Waals surface area contributed by atoms with Crippen molar-refractivity contribution in [2.45, 2.75) is 13.8 Å². The molecular formula is C19H18BrN3O2. The minimum absolute atomic E-state index is 0.127. The lowest BCUT2D eigenvalue weighted by Gasteiger charge is -2.14. The second kappa shape index (κ2) is 7.13. The van der Waals surface area contributed by atoms with Gasteiger partial charge in [0, 0.05) is 16.2 Å². The fraction of sp³-hybridized carbons (Fsp3) is 0.105. The fourth-order valence-corrected chi connectivity index (χ4v) is 3.37. The Hall–Kier alpha value is -2.57. The number of carbonyl (C=O) groups is 1. The minimum Gasteiger partial charge on any atom is -0.451 e. The van der Waals surface area contributed by atoms with E-state index in [2.05, 4.69) is 26.3 Å².